The summed E-state index contributed by atoms with van der Waals surface area (Å²) in [7, 11) is 0. The minimum absolute atomic E-state index is 0.0263. The first-order valence-corrected chi connectivity index (χ1v) is 17.2. The first-order valence-electron chi connectivity index (χ1n) is 17.2. The van der Waals surface area contributed by atoms with Gasteiger partial charge in [0.25, 0.3) is 0 Å². The van der Waals surface area contributed by atoms with E-state index in [1.807, 2.05) is 25.1 Å². The molecule has 4 heteroatoms. The number of carbonyl (C=O) groups is 3. The van der Waals surface area contributed by atoms with E-state index in [1.165, 1.54) is 5.57 Å². The Morgan fingerprint density at radius 2 is 1.56 bits per heavy atom. The second kappa shape index (κ2) is 9.52. The molecule has 2 aromatic rings. The third-order valence-corrected chi connectivity index (χ3v) is 14.8. The third kappa shape index (κ3) is 3.99. The van der Waals surface area contributed by atoms with E-state index >= 15 is 0 Å². The zero-order valence-electron chi connectivity index (χ0n) is 28.3. The van der Waals surface area contributed by atoms with E-state index in [9.17, 15) is 19.5 Å². The number of benzene rings is 2. The van der Waals surface area contributed by atoms with E-state index in [1.54, 1.807) is 0 Å². The number of ketones is 2. The molecule has 0 heterocycles. The van der Waals surface area contributed by atoms with Crippen LogP contribution in [0.15, 0.2) is 59.7 Å². The number of carbonyl (C=O) groups excluding carboxylic acids is 2. The summed E-state index contributed by atoms with van der Waals surface area (Å²) in [5, 5.41) is 12.5. The van der Waals surface area contributed by atoms with E-state index in [2.05, 4.69) is 78.0 Å². The van der Waals surface area contributed by atoms with Crippen molar-refractivity contribution in [3.8, 4) is 0 Å². The normalized spacial score (nSPS) is 43.1. The smallest absolute Gasteiger partial charge is 0.309 e. The lowest BCUT2D eigenvalue weighted by molar-refractivity contribution is -0.183. The zero-order valence-corrected chi connectivity index (χ0v) is 28.3. The molecule has 5 aliphatic rings. The standard InChI is InChI=1S/C41H50O4/c1-36(2)32-15-16-41(7)33(39(32,5)23-27(34(36)43)21-26-13-10-12-25-11-8-9-14-28(25)26)31(42)22-29-30-24-38(4,35(44)45)18-17-37(30,3)19-20-40(29,41)6/h8-14,21-22,30,32-33H,15-20,23-24H2,1-7H3,(H,44,45)/b27-21+/t30-,32-,33+,37+,38-,39-,40+,41+/m0/s1. The van der Waals surface area contributed by atoms with E-state index in [0.717, 1.165) is 54.0 Å². The summed E-state index contributed by atoms with van der Waals surface area (Å²) in [6.07, 6.45) is 10.9. The van der Waals surface area contributed by atoms with Crippen LogP contribution >= 0.6 is 0 Å². The number of carboxylic acids is 1. The molecule has 5 aliphatic carbocycles. The van der Waals surface area contributed by atoms with E-state index in [0.29, 0.717) is 19.3 Å². The first kappa shape index (κ1) is 30.6. The van der Waals surface area contributed by atoms with Gasteiger partial charge in [0.05, 0.1) is 5.41 Å². The number of hydrogen-bond acceptors (Lipinski definition) is 3. The van der Waals surface area contributed by atoms with Crippen molar-refractivity contribution in [2.45, 2.75) is 99.8 Å². The average Bonchev–Trinajstić information content (AvgIpc) is 2.98. The Kier molecular flexibility index (Phi) is 6.48. The van der Waals surface area contributed by atoms with Gasteiger partial charge in [-0.1, -0.05) is 89.6 Å². The SMILES string of the molecule is CC1(C)C(=O)/C(=C/c2cccc3ccccc23)C[C@]2(C)[C@H]3C(=O)C=C4[C@@H]5C[C@@](C)(C(=O)O)CC[C@]5(C)CC[C@@]4(C)[C@]3(C)CC[C@@H]12. The van der Waals surface area contributed by atoms with E-state index in [-0.39, 0.29) is 51.0 Å². The highest BCUT2D eigenvalue weighted by molar-refractivity contribution is 6.06. The Hall–Kier alpha value is -3.01. The predicted octanol–water partition coefficient (Wildman–Crippen LogP) is 9.47. The molecule has 238 valence electrons. The summed E-state index contributed by atoms with van der Waals surface area (Å²) in [4.78, 5) is 41.5. The molecule has 2 aromatic carbocycles. The van der Waals surface area contributed by atoms with Crippen LogP contribution in [0.3, 0.4) is 0 Å². The lowest BCUT2D eigenvalue weighted by atomic mass is 9.33. The second-order valence-corrected chi connectivity index (χ2v) is 17.5. The van der Waals surface area contributed by atoms with Gasteiger partial charge in [0, 0.05) is 11.3 Å². The van der Waals surface area contributed by atoms with Crippen molar-refractivity contribution >= 4 is 34.4 Å². The highest BCUT2D eigenvalue weighted by atomic mass is 16.4. The molecular weight excluding hydrogens is 556 g/mol. The highest BCUT2D eigenvalue weighted by Gasteiger charge is 2.70. The van der Waals surface area contributed by atoms with E-state index in [4.69, 9.17) is 0 Å². The molecule has 45 heavy (non-hydrogen) atoms. The van der Waals surface area contributed by atoms with Gasteiger partial charge in [-0.3, -0.25) is 14.4 Å². The maximum absolute atomic E-state index is 14.8. The van der Waals surface area contributed by atoms with Crippen LogP contribution in [0.1, 0.15) is 105 Å². The third-order valence-electron chi connectivity index (χ3n) is 14.8. The Morgan fingerprint density at radius 1 is 0.867 bits per heavy atom. The van der Waals surface area contributed by atoms with Crippen LogP contribution in [-0.2, 0) is 14.4 Å². The minimum atomic E-state index is -0.761. The van der Waals surface area contributed by atoms with Gasteiger partial charge in [0.2, 0.25) is 0 Å². The number of hydrogen-bond donors (Lipinski definition) is 1. The van der Waals surface area contributed by atoms with Crippen molar-refractivity contribution in [1.29, 1.82) is 0 Å². The fourth-order valence-electron chi connectivity index (χ4n) is 11.9. The molecule has 0 radical (unpaired) electrons. The van der Waals surface area contributed by atoms with Crippen LogP contribution < -0.4 is 0 Å². The average molecular weight is 607 g/mol. The molecule has 0 aliphatic heterocycles. The van der Waals surface area contributed by atoms with Gasteiger partial charge in [0.15, 0.2) is 11.6 Å². The van der Waals surface area contributed by atoms with Gasteiger partial charge in [-0.25, -0.2) is 0 Å². The molecule has 0 unspecified atom stereocenters. The summed E-state index contributed by atoms with van der Waals surface area (Å²) in [5.41, 5.74) is 0.993. The molecule has 7 rings (SSSR count). The molecule has 4 fully saturated rings. The van der Waals surface area contributed by atoms with Gasteiger partial charge >= 0.3 is 5.97 Å². The monoisotopic (exact) mass is 606 g/mol. The van der Waals surface area contributed by atoms with Crippen molar-refractivity contribution in [2.75, 3.05) is 0 Å². The lowest BCUT2D eigenvalue weighted by Crippen LogP contribution is -2.66. The quantitative estimate of drug-likeness (QED) is 0.346. The Bertz CT molecular complexity index is 1710. The van der Waals surface area contributed by atoms with Gasteiger partial charge in [0.1, 0.15) is 0 Å². The molecule has 8 atom stereocenters. The summed E-state index contributed by atoms with van der Waals surface area (Å²) in [6.45, 7) is 15.6. The predicted molar refractivity (Wildman–Crippen MR) is 179 cm³/mol. The van der Waals surface area contributed by atoms with Crippen LogP contribution in [0.4, 0.5) is 0 Å². The summed E-state index contributed by atoms with van der Waals surface area (Å²) in [5.74, 6) is -0.267. The molecule has 0 aromatic heterocycles. The topological polar surface area (TPSA) is 71.4 Å². The zero-order chi connectivity index (χ0) is 32.4. The number of rotatable bonds is 2. The molecule has 0 bridgehead atoms. The van der Waals surface area contributed by atoms with Crippen LogP contribution in [0, 0.1) is 50.2 Å². The van der Waals surface area contributed by atoms with Crippen LogP contribution in [0.25, 0.3) is 16.8 Å². The van der Waals surface area contributed by atoms with Crippen molar-refractivity contribution in [2.24, 2.45) is 50.2 Å². The highest BCUT2D eigenvalue weighted by Crippen LogP contribution is 2.75. The van der Waals surface area contributed by atoms with E-state index < -0.39 is 16.8 Å². The van der Waals surface area contributed by atoms with Crippen molar-refractivity contribution < 1.29 is 19.5 Å². The number of Topliss-reactive ketones (excluding diaryl/α,β-unsaturated/α-hetero) is 1. The molecule has 0 spiro atoms. The van der Waals surface area contributed by atoms with Gasteiger partial charge < -0.3 is 5.11 Å². The van der Waals surface area contributed by atoms with Crippen LogP contribution in [-0.4, -0.2) is 22.6 Å². The Balaban J connectivity index is 1.35. The maximum atomic E-state index is 14.8. The second-order valence-electron chi connectivity index (χ2n) is 17.5. The molecule has 4 nitrogen and oxygen atoms in total. The number of carboxylic acid groups (broad SMARTS) is 1. The largest absolute Gasteiger partial charge is 0.481 e. The van der Waals surface area contributed by atoms with Gasteiger partial charge in [-0.2, -0.15) is 0 Å². The Morgan fingerprint density at radius 3 is 2.29 bits per heavy atom. The fourth-order valence-corrected chi connectivity index (χ4v) is 11.9. The fraction of sp³-hybridized carbons (Fsp3) is 0.585. The Labute approximate surface area is 268 Å². The molecule has 4 saturated carbocycles. The molecule has 0 amide bonds. The van der Waals surface area contributed by atoms with Crippen molar-refractivity contribution in [3.63, 3.8) is 0 Å². The first-order chi connectivity index (χ1) is 21.0. The number of allylic oxidation sites excluding steroid dienone is 3. The maximum Gasteiger partial charge on any atom is 0.309 e. The van der Waals surface area contributed by atoms with Gasteiger partial charge in [-0.05, 0) is 126 Å². The van der Waals surface area contributed by atoms with Crippen LogP contribution in [0.5, 0.6) is 0 Å². The van der Waals surface area contributed by atoms with Gasteiger partial charge in [-0.15, -0.1) is 0 Å². The summed E-state index contributed by atoms with van der Waals surface area (Å²) in [6, 6.07) is 14.6. The number of fused-ring (bicyclic) bond motifs is 8. The molecule has 0 saturated heterocycles. The van der Waals surface area contributed by atoms with Crippen molar-refractivity contribution in [1.82, 2.24) is 0 Å². The summed E-state index contributed by atoms with van der Waals surface area (Å²) >= 11 is 0. The minimum Gasteiger partial charge on any atom is -0.481 e. The van der Waals surface area contributed by atoms with Crippen LogP contribution in [0.2, 0.25) is 0 Å². The number of aliphatic carboxylic acids is 1. The lowest BCUT2D eigenvalue weighted by Gasteiger charge is -2.70. The van der Waals surface area contributed by atoms with Crippen molar-refractivity contribution in [3.05, 3.63) is 65.3 Å². The molecule has 1 N–H and O–H groups in total. The summed E-state index contributed by atoms with van der Waals surface area (Å²) < 4.78 is 0. The molecular formula is C41H50O4.